The number of benzene rings is 3. The lowest BCUT2D eigenvalue weighted by molar-refractivity contribution is 0.0760. The van der Waals surface area contributed by atoms with Crippen molar-refractivity contribution in [3.8, 4) is 16.9 Å². The summed E-state index contributed by atoms with van der Waals surface area (Å²) >= 11 is 0. The first-order valence-corrected chi connectivity index (χ1v) is 12.6. The van der Waals surface area contributed by atoms with E-state index in [-0.39, 0.29) is 18.4 Å². The maximum Gasteiger partial charge on any atom is 0.253 e. The van der Waals surface area contributed by atoms with Crippen molar-refractivity contribution in [1.82, 2.24) is 20.1 Å². The van der Waals surface area contributed by atoms with Crippen LogP contribution < -0.4 is 10.1 Å². The summed E-state index contributed by atoms with van der Waals surface area (Å²) in [5, 5.41) is 13.9. The molecule has 8 nitrogen and oxygen atoms in total. The number of H-pyrrole nitrogens is 1. The van der Waals surface area contributed by atoms with E-state index >= 15 is 0 Å². The molecule has 0 saturated carbocycles. The molecule has 3 aromatic carbocycles. The maximum atomic E-state index is 13.4. The fourth-order valence-corrected chi connectivity index (χ4v) is 5.14. The number of carbonyl (C=O) groups is 2. The van der Waals surface area contributed by atoms with Crippen molar-refractivity contribution < 1.29 is 19.4 Å². The van der Waals surface area contributed by atoms with Gasteiger partial charge in [0.15, 0.2) is 0 Å². The number of aromatic nitrogens is 1. The van der Waals surface area contributed by atoms with Gasteiger partial charge >= 0.3 is 0 Å². The summed E-state index contributed by atoms with van der Waals surface area (Å²) in [7, 11) is 3.25. The quantitative estimate of drug-likeness (QED) is 0.377. The Hall–Kier alpha value is -3.88. The number of aliphatic hydroxyl groups excluding tert-OH is 1. The fourth-order valence-electron chi connectivity index (χ4n) is 5.14. The van der Waals surface area contributed by atoms with Gasteiger partial charge in [-0.15, -0.1) is 0 Å². The van der Waals surface area contributed by atoms with Gasteiger partial charge < -0.3 is 25.0 Å². The van der Waals surface area contributed by atoms with Gasteiger partial charge in [0.05, 0.1) is 24.8 Å². The minimum absolute atomic E-state index is 0.00463. The van der Waals surface area contributed by atoms with Crippen LogP contribution in [0.5, 0.6) is 5.75 Å². The number of fused-ring (bicyclic) bond motifs is 3. The minimum atomic E-state index is -0.186. The van der Waals surface area contributed by atoms with Gasteiger partial charge in [-0.25, -0.2) is 0 Å². The predicted molar refractivity (Wildman–Crippen MR) is 145 cm³/mol. The molecule has 4 aromatic rings. The van der Waals surface area contributed by atoms with Crippen molar-refractivity contribution in [2.45, 2.75) is 6.42 Å². The topological polar surface area (TPSA) is 97.9 Å². The highest BCUT2D eigenvalue weighted by atomic mass is 16.5. The molecule has 5 rings (SSSR count). The van der Waals surface area contributed by atoms with Crippen LogP contribution in [-0.4, -0.2) is 85.2 Å². The number of aromatic amines is 1. The van der Waals surface area contributed by atoms with Crippen molar-refractivity contribution in [1.29, 1.82) is 0 Å². The molecule has 0 aliphatic carbocycles. The second kappa shape index (κ2) is 10.6. The minimum Gasteiger partial charge on any atom is -0.497 e. The first-order chi connectivity index (χ1) is 18.0. The van der Waals surface area contributed by atoms with Crippen LogP contribution in [-0.2, 0) is 0 Å². The third-order valence-electron chi connectivity index (χ3n) is 7.12. The molecule has 1 fully saturated rings. The molecule has 8 heteroatoms. The molecule has 1 aliphatic heterocycles. The zero-order chi connectivity index (χ0) is 25.9. The van der Waals surface area contributed by atoms with Crippen molar-refractivity contribution in [3.63, 3.8) is 0 Å². The summed E-state index contributed by atoms with van der Waals surface area (Å²) in [5.41, 5.74) is 4.56. The molecule has 0 radical (unpaired) electrons. The van der Waals surface area contributed by atoms with Crippen LogP contribution in [0.25, 0.3) is 32.9 Å². The second-order valence-corrected chi connectivity index (χ2v) is 9.35. The summed E-state index contributed by atoms with van der Waals surface area (Å²) in [6.45, 7) is 3.72. The molecule has 2 heterocycles. The molecule has 37 heavy (non-hydrogen) atoms. The molecule has 3 N–H and O–H groups in total. The molecular weight excluding hydrogens is 468 g/mol. The number of carbonyl (C=O) groups excluding carboxylic acids is 2. The number of nitrogens with zero attached hydrogens (tertiary/aromatic N) is 2. The smallest absolute Gasteiger partial charge is 0.253 e. The highest BCUT2D eigenvalue weighted by Crippen LogP contribution is 2.34. The average molecular weight is 501 g/mol. The van der Waals surface area contributed by atoms with E-state index in [1.54, 1.807) is 14.2 Å². The van der Waals surface area contributed by atoms with E-state index in [1.807, 2.05) is 53.4 Å². The van der Waals surface area contributed by atoms with Gasteiger partial charge in [-0.1, -0.05) is 18.2 Å². The van der Waals surface area contributed by atoms with E-state index in [2.05, 4.69) is 21.3 Å². The van der Waals surface area contributed by atoms with Crippen LogP contribution in [0, 0.1) is 0 Å². The molecule has 0 bridgehead atoms. The number of β-amino-alcohol motifs (C(OH)–C–C–N with tert-alkyl or cyclic N) is 1. The molecule has 0 spiro atoms. The first kappa shape index (κ1) is 24.8. The number of rotatable bonds is 6. The van der Waals surface area contributed by atoms with Gasteiger partial charge in [0.1, 0.15) is 5.75 Å². The number of amides is 2. The van der Waals surface area contributed by atoms with Crippen LogP contribution in [0.3, 0.4) is 0 Å². The Morgan fingerprint density at radius 1 is 1.00 bits per heavy atom. The van der Waals surface area contributed by atoms with E-state index in [0.29, 0.717) is 30.8 Å². The highest BCUT2D eigenvalue weighted by Gasteiger charge is 2.22. The maximum absolute atomic E-state index is 13.4. The van der Waals surface area contributed by atoms with Gasteiger partial charge in [-0.05, 0) is 60.5 Å². The van der Waals surface area contributed by atoms with Crippen molar-refractivity contribution in [2.24, 2.45) is 0 Å². The van der Waals surface area contributed by atoms with Crippen molar-refractivity contribution in [2.75, 3.05) is 53.5 Å². The Labute approximate surface area is 215 Å². The van der Waals surface area contributed by atoms with E-state index < -0.39 is 0 Å². The average Bonchev–Trinajstić information content (AvgIpc) is 3.14. The monoisotopic (exact) mass is 500 g/mol. The van der Waals surface area contributed by atoms with Crippen LogP contribution in [0.4, 0.5) is 0 Å². The molecule has 1 aliphatic rings. The summed E-state index contributed by atoms with van der Waals surface area (Å²) < 4.78 is 5.39. The lowest BCUT2D eigenvalue weighted by Crippen LogP contribution is -2.35. The Bertz CT molecular complexity index is 1460. The molecule has 2 amide bonds. The largest absolute Gasteiger partial charge is 0.497 e. The number of ether oxygens (including phenoxy) is 1. The van der Waals surface area contributed by atoms with Gasteiger partial charge in [-0.3, -0.25) is 14.5 Å². The van der Waals surface area contributed by atoms with Crippen molar-refractivity contribution >= 4 is 33.6 Å². The SMILES string of the molecule is CNC(=O)c1cc(-c2cccc(OC)c2)cc2c1[nH]c1cc(C(=O)N3CCCN(CCO)CC3)ccc12. The predicted octanol–water partition coefficient (Wildman–Crippen LogP) is 3.50. The standard InChI is InChI=1S/C29H32N4O4/c1-30-28(35)25-17-21(19-5-3-6-22(15-19)37-2)16-24-23-8-7-20(18-26(23)31-27(24)25)29(36)33-10-4-9-32(11-12-33)13-14-34/h3,5-8,15-18,31,34H,4,9-14H2,1-2H3,(H,30,35). The van der Waals surface area contributed by atoms with E-state index in [9.17, 15) is 14.7 Å². The Morgan fingerprint density at radius 3 is 2.65 bits per heavy atom. The van der Waals surface area contributed by atoms with E-state index in [0.717, 1.165) is 58.2 Å². The zero-order valence-corrected chi connectivity index (χ0v) is 21.2. The molecule has 1 aromatic heterocycles. The molecule has 192 valence electrons. The highest BCUT2D eigenvalue weighted by molar-refractivity contribution is 6.17. The normalized spacial score (nSPS) is 14.6. The summed E-state index contributed by atoms with van der Waals surface area (Å²) in [4.78, 5) is 33.7. The third kappa shape index (κ3) is 4.90. The van der Waals surface area contributed by atoms with Crippen LogP contribution in [0.15, 0.2) is 54.6 Å². The third-order valence-corrected chi connectivity index (χ3v) is 7.12. The Kier molecular flexibility index (Phi) is 7.12. The lowest BCUT2D eigenvalue weighted by atomic mass is 9.98. The van der Waals surface area contributed by atoms with Gasteiger partial charge in [-0.2, -0.15) is 0 Å². The van der Waals surface area contributed by atoms with Gasteiger partial charge in [0.25, 0.3) is 11.8 Å². The number of nitrogens with one attached hydrogen (secondary N) is 2. The fraction of sp³-hybridized carbons (Fsp3) is 0.310. The molecule has 0 unspecified atom stereocenters. The Morgan fingerprint density at radius 2 is 1.86 bits per heavy atom. The zero-order valence-electron chi connectivity index (χ0n) is 21.2. The number of hydrogen-bond acceptors (Lipinski definition) is 5. The summed E-state index contributed by atoms with van der Waals surface area (Å²) in [6, 6.07) is 17.4. The number of hydrogen-bond donors (Lipinski definition) is 3. The lowest BCUT2D eigenvalue weighted by Gasteiger charge is -2.21. The molecule has 0 atom stereocenters. The first-order valence-electron chi connectivity index (χ1n) is 12.6. The van der Waals surface area contributed by atoms with Crippen LogP contribution in [0.2, 0.25) is 0 Å². The Balaban J connectivity index is 1.54. The van der Waals surface area contributed by atoms with Gasteiger partial charge in [0, 0.05) is 55.1 Å². The van der Waals surface area contributed by atoms with Crippen molar-refractivity contribution in [3.05, 3.63) is 65.7 Å². The number of aliphatic hydroxyl groups is 1. The van der Waals surface area contributed by atoms with Crippen LogP contribution in [0.1, 0.15) is 27.1 Å². The van der Waals surface area contributed by atoms with Gasteiger partial charge in [0.2, 0.25) is 0 Å². The van der Waals surface area contributed by atoms with Crippen LogP contribution >= 0.6 is 0 Å². The molecule has 1 saturated heterocycles. The van der Waals surface area contributed by atoms with E-state index in [1.165, 1.54) is 0 Å². The van der Waals surface area contributed by atoms with E-state index in [4.69, 9.17) is 4.74 Å². The summed E-state index contributed by atoms with van der Waals surface area (Å²) in [6.07, 6.45) is 0.878. The summed E-state index contributed by atoms with van der Waals surface area (Å²) in [5.74, 6) is 0.554. The number of methoxy groups -OCH3 is 1. The molecular formula is C29H32N4O4. The second-order valence-electron chi connectivity index (χ2n) is 9.35.